The molecule has 35 heavy (non-hydrogen) atoms. The molecule has 7 nitrogen and oxygen atoms in total. The molecule has 2 aliphatic rings. The third-order valence-electron chi connectivity index (χ3n) is 6.53. The van der Waals surface area contributed by atoms with Crippen molar-refractivity contribution in [1.82, 2.24) is 4.98 Å². The number of carbonyl (C=O) groups excluding carboxylic acids is 2. The molecule has 172 valence electrons. The fourth-order valence-corrected chi connectivity index (χ4v) is 5.13. The maximum atomic E-state index is 14.3. The Morgan fingerprint density at radius 2 is 1.91 bits per heavy atom. The molecule has 1 atom stereocenters. The van der Waals surface area contributed by atoms with Crippen LogP contribution in [0.1, 0.15) is 27.2 Å². The lowest BCUT2D eigenvalue weighted by Crippen LogP contribution is -2.54. The van der Waals surface area contributed by atoms with Gasteiger partial charge < -0.3 is 9.32 Å². The normalized spacial score (nSPS) is 18.5. The summed E-state index contributed by atoms with van der Waals surface area (Å²) in [5.74, 6) is -1.89. The highest BCUT2D eigenvalue weighted by Gasteiger charge is 2.65. The van der Waals surface area contributed by atoms with Crippen molar-refractivity contribution in [2.75, 3.05) is 16.3 Å². The molecule has 1 spiro atoms. The van der Waals surface area contributed by atoms with E-state index in [1.165, 1.54) is 22.1 Å². The van der Waals surface area contributed by atoms with Crippen molar-refractivity contribution in [2.45, 2.75) is 12.5 Å². The van der Waals surface area contributed by atoms with Gasteiger partial charge in [0.15, 0.2) is 11.0 Å². The van der Waals surface area contributed by atoms with E-state index in [2.05, 4.69) is 11.6 Å². The lowest BCUT2D eigenvalue weighted by atomic mass is 9.84. The first kappa shape index (κ1) is 21.0. The summed E-state index contributed by atoms with van der Waals surface area (Å²) in [4.78, 5) is 49.3. The van der Waals surface area contributed by atoms with Crippen LogP contribution in [-0.2, 0) is 10.3 Å². The molecule has 4 heterocycles. The van der Waals surface area contributed by atoms with Crippen LogP contribution in [0.5, 0.6) is 0 Å². The number of anilines is 2. The third-order valence-corrected chi connectivity index (χ3v) is 6.53. The van der Waals surface area contributed by atoms with E-state index in [9.17, 15) is 18.8 Å². The van der Waals surface area contributed by atoms with Crippen molar-refractivity contribution in [3.63, 3.8) is 0 Å². The maximum Gasteiger partial charge on any atom is 0.297 e. The average molecular weight is 467 g/mol. The standard InChI is InChI=1S/C27H18FN3O4/c1-3-12-30-19-7-5-4-6-18(19)27(26(30)34)22-23(32)17-14-16(28)8-9-20(17)35-24(22)25(33)31(27)21-13-15(2)10-11-29-21/h3-11,13-14H,1,12H2,2H3. The fraction of sp³-hybridized carbons (Fsp3) is 0.111. The van der Waals surface area contributed by atoms with E-state index in [1.54, 1.807) is 42.5 Å². The van der Waals surface area contributed by atoms with Crippen LogP contribution >= 0.6 is 0 Å². The monoisotopic (exact) mass is 467 g/mol. The molecule has 8 heteroatoms. The van der Waals surface area contributed by atoms with Crippen molar-refractivity contribution in [3.05, 3.63) is 112 Å². The second kappa shape index (κ2) is 7.20. The first-order valence-electron chi connectivity index (χ1n) is 11.0. The Bertz CT molecular complexity index is 1660. The van der Waals surface area contributed by atoms with E-state index < -0.39 is 28.6 Å². The summed E-state index contributed by atoms with van der Waals surface area (Å²) in [6.07, 6.45) is 3.10. The lowest BCUT2D eigenvalue weighted by molar-refractivity contribution is -0.121. The van der Waals surface area contributed by atoms with Gasteiger partial charge in [0, 0.05) is 18.3 Å². The summed E-state index contributed by atoms with van der Waals surface area (Å²) in [6.45, 7) is 5.74. The summed E-state index contributed by atoms with van der Waals surface area (Å²) in [5.41, 5.74) is -0.824. The van der Waals surface area contributed by atoms with E-state index in [0.717, 1.165) is 17.7 Å². The zero-order valence-electron chi connectivity index (χ0n) is 18.6. The van der Waals surface area contributed by atoms with Gasteiger partial charge in [0.1, 0.15) is 17.2 Å². The molecule has 0 aliphatic carbocycles. The number of amides is 2. The molecule has 0 saturated carbocycles. The number of fused-ring (bicyclic) bond motifs is 5. The molecule has 0 bridgehead atoms. The van der Waals surface area contributed by atoms with Gasteiger partial charge in [-0.3, -0.25) is 19.3 Å². The number of rotatable bonds is 3. The van der Waals surface area contributed by atoms with E-state index in [0.29, 0.717) is 11.3 Å². The lowest BCUT2D eigenvalue weighted by Gasteiger charge is -2.33. The minimum atomic E-state index is -1.87. The maximum absolute atomic E-state index is 14.3. The van der Waals surface area contributed by atoms with Crippen LogP contribution in [0.3, 0.4) is 0 Å². The summed E-state index contributed by atoms with van der Waals surface area (Å²) in [5, 5.41) is -0.0533. The smallest absolute Gasteiger partial charge is 0.297 e. The number of benzene rings is 2. The van der Waals surface area contributed by atoms with Crippen LogP contribution in [0.25, 0.3) is 11.0 Å². The van der Waals surface area contributed by atoms with Crippen LogP contribution in [0, 0.1) is 12.7 Å². The van der Waals surface area contributed by atoms with Crippen molar-refractivity contribution in [2.24, 2.45) is 0 Å². The van der Waals surface area contributed by atoms with Gasteiger partial charge in [-0.25, -0.2) is 9.37 Å². The van der Waals surface area contributed by atoms with Crippen LogP contribution in [0.15, 0.2) is 82.7 Å². The van der Waals surface area contributed by atoms with Gasteiger partial charge in [-0.05, 0) is 48.9 Å². The van der Waals surface area contributed by atoms with Crippen molar-refractivity contribution in [1.29, 1.82) is 0 Å². The molecule has 4 aromatic rings. The molecule has 0 radical (unpaired) electrons. The second-order valence-corrected chi connectivity index (χ2v) is 8.54. The Hall–Kier alpha value is -4.59. The Morgan fingerprint density at radius 1 is 1.11 bits per heavy atom. The summed E-state index contributed by atoms with van der Waals surface area (Å²) >= 11 is 0. The second-order valence-electron chi connectivity index (χ2n) is 8.54. The highest BCUT2D eigenvalue weighted by molar-refractivity contribution is 6.24. The number of hydrogen-bond donors (Lipinski definition) is 0. The number of aryl methyl sites for hydroxylation is 1. The minimum Gasteiger partial charge on any atom is -0.450 e. The van der Waals surface area contributed by atoms with Crippen molar-refractivity contribution in [3.8, 4) is 0 Å². The minimum absolute atomic E-state index is 0.0533. The number of halogens is 1. The first-order chi connectivity index (χ1) is 16.9. The Balaban J connectivity index is 1.79. The van der Waals surface area contributed by atoms with Crippen LogP contribution in [0.4, 0.5) is 15.9 Å². The fourth-order valence-electron chi connectivity index (χ4n) is 5.13. The summed E-state index contributed by atoms with van der Waals surface area (Å²) in [7, 11) is 0. The molecule has 0 N–H and O–H groups in total. The quantitative estimate of drug-likeness (QED) is 0.424. The SMILES string of the molecule is C=CCN1C(=O)C2(c3ccccc31)c1c(oc3ccc(F)cc3c1=O)C(=O)N2c1cc(C)ccn1. The predicted molar refractivity (Wildman–Crippen MR) is 128 cm³/mol. The highest BCUT2D eigenvalue weighted by Crippen LogP contribution is 2.53. The number of aromatic nitrogens is 1. The predicted octanol–water partition coefficient (Wildman–Crippen LogP) is 4.07. The van der Waals surface area contributed by atoms with E-state index >= 15 is 0 Å². The Kier molecular flexibility index (Phi) is 4.32. The van der Waals surface area contributed by atoms with Gasteiger partial charge in [0.05, 0.1) is 16.6 Å². The molecule has 6 rings (SSSR count). The van der Waals surface area contributed by atoms with E-state index in [1.807, 2.05) is 6.92 Å². The number of pyridine rings is 1. The average Bonchev–Trinajstić information content (AvgIpc) is 3.25. The van der Waals surface area contributed by atoms with Crippen LogP contribution < -0.4 is 15.2 Å². The molecular formula is C27H18FN3O4. The van der Waals surface area contributed by atoms with E-state index in [4.69, 9.17) is 4.42 Å². The molecule has 2 amide bonds. The number of para-hydroxylation sites is 1. The summed E-state index contributed by atoms with van der Waals surface area (Å²) < 4.78 is 20.0. The largest absolute Gasteiger partial charge is 0.450 e. The van der Waals surface area contributed by atoms with Gasteiger partial charge in [-0.15, -0.1) is 6.58 Å². The molecule has 2 aromatic heterocycles. The third kappa shape index (κ3) is 2.59. The summed E-state index contributed by atoms with van der Waals surface area (Å²) in [6, 6.07) is 13.9. The van der Waals surface area contributed by atoms with Crippen molar-refractivity contribution < 1.29 is 18.4 Å². The van der Waals surface area contributed by atoms with Crippen LogP contribution in [-0.4, -0.2) is 23.3 Å². The zero-order valence-corrected chi connectivity index (χ0v) is 18.6. The number of carbonyl (C=O) groups is 2. The van der Waals surface area contributed by atoms with Gasteiger partial charge in [-0.1, -0.05) is 24.3 Å². The molecule has 0 saturated heterocycles. The molecule has 1 unspecified atom stereocenters. The number of nitrogens with zero attached hydrogens (tertiary/aromatic N) is 3. The van der Waals surface area contributed by atoms with Crippen LogP contribution in [0.2, 0.25) is 0 Å². The molecule has 0 fully saturated rings. The van der Waals surface area contributed by atoms with Gasteiger partial charge in [0.2, 0.25) is 5.76 Å². The van der Waals surface area contributed by atoms with Gasteiger partial charge in [-0.2, -0.15) is 0 Å². The topological polar surface area (TPSA) is 83.7 Å². The Morgan fingerprint density at radius 3 is 2.69 bits per heavy atom. The van der Waals surface area contributed by atoms with E-state index in [-0.39, 0.29) is 34.7 Å². The number of hydrogen-bond acceptors (Lipinski definition) is 5. The van der Waals surface area contributed by atoms with Gasteiger partial charge >= 0.3 is 0 Å². The molecular weight excluding hydrogens is 449 g/mol. The highest BCUT2D eigenvalue weighted by atomic mass is 19.1. The molecule has 2 aliphatic heterocycles. The van der Waals surface area contributed by atoms with Crippen molar-refractivity contribution >= 4 is 34.3 Å². The van der Waals surface area contributed by atoms with Gasteiger partial charge in [0.25, 0.3) is 11.8 Å². The zero-order chi connectivity index (χ0) is 24.5. The molecule has 2 aromatic carbocycles. The first-order valence-corrected chi connectivity index (χ1v) is 11.0. The Labute approximate surface area is 198 Å².